The molecular weight excluding hydrogens is 361 g/mol. The van der Waals surface area contributed by atoms with Gasteiger partial charge in [0.25, 0.3) is 0 Å². The Morgan fingerprint density at radius 1 is 1.11 bits per heavy atom. The fourth-order valence-corrected chi connectivity index (χ4v) is 2.99. The van der Waals surface area contributed by atoms with Gasteiger partial charge in [0.1, 0.15) is 16.7 Å². The van der Waals surface area contributed by atoms with Crippen LogP contribution in [0.3, 0.4) is 0 Å². The Morgan fingerprint density at radius 2 is 1.85 bits per heavy atom. The number of nitrogens with zero attached hydrogens (tertiary/aromatic N) is 3. The number of aryl methyl sites for hydroxylation is 1. The third-order valence-electron chi connectivity index (χ3n) is 4.23. The molecule has 0 aliphatic carbocycles. The van der Waals surface area contributed by atoms with Gasteiger partial charge in [-0.15, -0.1) is 0 Å². The average molecular weight is 374 g/mol. The molecule has 9 heteroatoms. The number of halogens is 3. The van der Waals surface area contributed by atoms with Gasteiger partial charge in [0.15, 0.2) is 17.0 Å². The highest BCUT2D eigenvalue weighted by atomic mass is 19.4. The lowest BCUT2D eigenvalue weighted by atomic mass is 10.2. The molecule has 1 N–H and O–H groups in total. The van der Waals surface area contributed by atoms with E-state index >= 15 is 0 Å². The molecule has 0 spiro atoms. The van der Waals surface area contributed by atoms with Crippen LogP contribution in [-0.4, -0.2) is 21.6 Å². The fraction of sp³-hybridized carbons (Fsp3) is 0.167. The van der Waals surface area contributed by atoms with E-state index in [0.29, 0.717) is 5.69 Å². The summed E-state index contributed by atoms with van der Waals surface area (Å²) in [6.45, 7) is 1.79. The summed E-state index contributed by atoms with van der Waals surface area (Å²) in [6.07, 6.45) is -4.62. The number of rotatable bonds is 2. The molecule has 138 valence electrons. The van der Waals surface area contributed by atoms with Crippen LogP contribution in [-0.2, 0) is 6.18 Å². The maximum atomic E-state index is 13.1. The summed E-state index contributed by atoms with van der Waals surface area (Å²) in [4.78, 5) is 20.4. The van der Waals surface area contributed by atoms with Crippen molar-refractivity contribution in [1.29, 1.82) is 0 Å². The first-order valence-corrected chi connectivity index (χ1v) is 7.98. The molecule has 3 heterocycles. The molecule has 0 aliphatic heterocycles. The predicted octanol–water partition coefficient (Wildman–Crippen LogP) is 3.90. The molecule has 0 aliphatic rings. The van der Waals surface area contributed by atoms with Crippen LogP contribution in [0.2, 0.25) is 0 Å². The van der Waals surface area contributed by atoms with Gasteiger partial charge in [-0.3, -0.25) is 4.57 Å². The van der Waals surface area contributed by atoms with Crippen LogP contribution in [0.5, 0.6) is 0 Å². The van der Waals surface area contributed by atoms with E-state index in [1.807, 2.05) is 0 Å². The van der Waals surface area contributed by atoms with Crippen LogP contribution in [0.15, 0.2) is 45.6 Å². The van der Waals surface area contributed by atoms with Crippen molar-refractivity contribution in [2.75, 3.05) is 12.4 Å². The minimum Gasteiger partial charge on any atom is -0.449 e. The van der Waals surface area contributed by atoms with Gasteiger partial charge in [0.2, 0.25) is 0 Å². The molecule has 27 heavy (non-hydrogen) atoms. The van der Waals surface area contributed by atoms with Gasteiger partial charge in [0.05, 0.1) is 5.69 Å². The summed E-state index contributed by atoms with van der Waals surface area (Å²) in [5.74, 6) is 0.131. The summed E-state index contributed by atoms with van der Waals surface area (Å²) in [7, 11) is 1.54. The van der Waals surface area contributed by atoms with E-state index in [1.165, 1.54) is 10.6 Å². The molecule has 0 fully saturated rings. The molecule has 4 aromatic rings. The van der Waals surface area contributed by atoms with Crippen LogP contribution in [0.25, 0.3) is 27.9 Å². The van der Waals surface area contributed by atoms with Crippen LogP contribution in [0, 0.1) is 6.92 Å². The second-order valence-electron chi connectivity index (χ2n) is 5.94. The molecule has 0 saturated carbocycles. The van der Waals surface area contributed by atoms with Crippen LogP contribution in [0.4, 0.5) is 19.0 Å². The number of nitrogens with one attached hydrogen (secondary N) is 1. The van der Waals surface area contributed by atoms with Gasteiger partial charge >= 0.3 is 11.9 Å². The number of hydrogen-bond acceptors (Lipinski definition) is 5. The molecule has 0 atom stereocenters. The number of alkyl halides is 3. The predicted molar refractivity (Wildman–Crippen MR) is 94.2 cm³/mol. The standard InChI is InChI=1S/C18H13F3N4O2/c1-9-5-3-4-6-10(9)25-14-13-11(7-8-12(23-13)18(19,20)21)27-15(14)16(22-2)24-17(25)26/h3-8H,1-2H3,(H,22,24,26). The highest BCUT2D eigenvalue weighted by molar-refractivity contribution is 6.04. The van der Waals surface area contributed by atoms with Crippen LogP contribution in [0.1, 0.15) is 11.3 Å². The van der Waals surface area contributed by atoms with Crippen molar-refractivity contribution in [2.45, 2.75) is 13.1 Å². The summed E-state index contributed by atoms with van der Waals surface area (Å²) < 4.78 is 46.4. The average Bonchev–Trinajstić information content (AvgIpc) is 3.00. The number of furan rings is 1. The number of para-hydroxylation sites is 1. The maximum Gasteiger partial charge on any atom is 0.433 e. The minimum atomic E-state index is -4.62. The molecule has 3 aromatic heterocycles. The van der Waals surface area contributed by atoms with E-state index in [1.54, 1.807) is 38.2 Å². The molecule has 0 amide bonds. The van der Waals surface area contributed by atoms with Crippen molar-refractivity contribution in [3.63, 3.8) is 0 Å². The highest BCUT2D eigenvalue weighted by Crippen LogP contribution is 2.35. The van der Waals surface area contributed by atoms with Gasteiger partial charge in [-0.2, -0.15) is 18.2 Å². The van der Waals surface area contributed by atoms with E-state index in [2.05, 4.69) is 15.3 Å². The van der Waals surface area contributed by atoms with E-state index in [0.717, 1.165) is 11.6 Å². The molecule has 0 radical (unpaired) electrons. The van der Waals surface area contributed by atoms with E-state index in [-0.39, 0.29) is 28.0 Å². The first-order valence-electron chi connectivity index (χ1n) is 7.98. The van der Waals surface area contributed by atoms with Crippen molar-refractivity contribution in [3.8, 4) is 5.69 Å². The van der Waals surface area contributed by atoms with Crippen molar-refractivity contribution >= 4 is 28.0 Å². The zero-order chi connectivity index (χ0) is 19.3. The molecule has 6 nitrogen and oxygen atoms in total. The monoisotopic (exact) mass is 374 g/mol. The topological polar surface area (TPSA) is 73.0 Å². The zero-order valence-corrected chi connectivity index (χ0v) is 14.3. The lowest BCUT2D eigenvalue weighted by Gasteiger charge is -2.11. The normalized spacial score (nSPS) is 12.0. The number of benzene rings is 1. The summed E-state index contributed by atoms with van der Waals surface area (Å²) in [6, 6.07) is 9.03. The quantitative estimate of drug-likeness (QED) is 0.576. The lowest BCUT2D eigenvalue weighted by molar-refractivity contribution is -0.140. The van der Waals surface area contributed by atoms with Gasteiger partial charge in [-0.25, -0.2) is 9.78 Å². The van der Waals surface area contributed by atoms with Crippen molar-refractivity contribution in [3.05, 3.63) is 58.1 Å². The Kier molecular flexibility index (Phi) is 3.69. The third kappa shape index (κ3) is 2.62. The van der Waals surface area contributed by atoms with E-state index in [4.69, 9.17) is 4.42 Å². The second-order valence-corrected chi connectivity index (χ2v) is 5.94. The van der Waals surface area contributed by atoms with Crippen LogP contribution >= 0.6 is 0 Å². The van der Waals surface area contributed by atoms with Gasteiger partial charge < -0.3 is 9.73 Å². The third-order valence-corrected chi connectivity index (χ3v) is 4.23. The molecule has 0 bridgehead atoms. The SMILES string of the molecule is CNc1nc(=O)n(-c2ccccc2C)c2c1oc1ccc(C(F)(F)F)nc12. The van der Waals surface area contributed by atoms with E-state index in [9.17, 15) is 18.0 Å². The lowest BCUT2D eigenvalue weighted by Crippen LogP contribution is -2.23. The molecule has 1 aromatic carbocycles. The smallest absolute Gasteiger partial charge is 0.433 e. The number of pyridine rings is 1. The first kappa shape index (κ1) is 17.1. The molecule has 0 saturated heterocycles. The Labute approximate surface area is 150 Å². The van der Waals surface area contributed by atoms with E-state index < -0.39 is 17.6 Å². The largest absolute Gasteiger partial charge is 0.449 e. The number of aromatic nitrogens is 3. The molecule has 0 unspecified atom stereocenters. The van der Waals surface area contributed by atoms with Crippen molar-refractivity contribution in [2.24, 2.45) is 0 Å². The Bertz CT molecular complexity index is 1240. The second kappa shape index (κ2) is 5.83. The fourth-order valence-electron chi connectivity index (χ4n) is 2.99. The molecular formula is C18H13F3N4O2. The Balaban J connectivity index is 2.22. The first-order chi connectivity index (χ1) is 12.8. The maximum absolute atomic E-state index is 13.1. The summed E-state index contributed by atoms with van der Waals surface area (Å²) >= 11 is 0. The van der Waals surface area contributed by atoms with Gasteiger partial charge in [-0.1, -0.05) is 18.2 Å². The summed E-state index contributed by atoms with van der Waals surface area (Å²) in [5.41, 5.74) is -0.113. The Hall–Kier alpha value is -3.36. The van der Waals surface area contributed by atoms with Crippen LogP contribution < -0.4 is 11.0 Å². The zero-order valence-electron chi connectivity index (χ0n) is 14.3. The summed E-state index contributed by atoms with van der Waals surface area (Å²) in [5, 5.41) is 2.74. The van der Waals surface area contributed by atoms with Gasteiger partial charge in [0, 0.05) is 7.05 Å². The van der Waals surface area contributed by atoms with Crippen molar-refractivity contribution < 1.29 is 17.6 Å². The highest BCUT2D eigenvalue weighted by Gasteiger charge is 2.33. The molecule has 4 rings (SSSR count). The number of hydrogen-bond donors (Lipinski definition) is 1. The Morgan fingerprint density at radius 3 is 2.52 bits per heavy atom. The number of anilines is 1. The van der Waals surface area contributed by atoms with Crippen molar-refractivity contribution in [1.82, 2.24) is 14.5 Å². The minimum absolute atomic E-state index is 0.0564. The van der Waals surface area contributed by atoms with Gasteiger partial charge in [-0.05, 0) is 30.7 Å². The number of fused-ring (bicyclic) bond motifs is 3.